The zero-order valence-corrected chi connectivity index (χ0v) is 19.8. The van der Waals surface area contributed by atoms with Crippen LogP contribution in [-0.4, -0.2) is 23.0 Å². The maximum absolute atomic E-state index is 14.4. The Labute approximate surface area is 204 Å². The average molecular weight is 507 g/mol. The summed E-state index contributed by atoms with van der Waals surface area (Å²) < 4.78 is 20.4. The van der Waals surface area contributed by atoms with Crippen molar-refractivity contribution in [2.24, 2.45) is 0 Å². The molecule has 0 aliphatic rings. The van der Waals surface area contributed by atoms with E-state index in [0.29, 0.717) is 26.2 Å². The predicted octanol–water partition coefficient (Wildman–Crippen LogP) is 2.40. The van der Waals surface area contributed by atoms with Crippen LogP contribution in [0.4, 0.5) is 0 Å². The number of halogens is 1. The predicted molar refractivity (Wildman–Crippen MR) is 127 cm³/mol. The minimum Gasteiger partial charge on any atom is -0.711 e. The molecule has 2 aromatic carbocycles. The maximum atomic E-state index is 14.4. The number of hydrogen-bond acceptors (Lipinski definition) is 7. The average Bonchev–Trinajstić information content (AvgIpc) is 3.25. The van der Waals surface area contributed by atoms with Crippen molar-refractivity contribution in [3.8, 4) is 12.1 Å². The highest BCUT2D eigenvalue weighted by Crippen LogP contribution is 2.47. The van der Waals surface area contributed by atoms with E-state index >= 15 is 0 Å². The van der Waals surface area contributed by atoms with Crippen LogP contribution in [0.2, 0.25) is 5.02 Å². The SMILES string of the molecule is COP(=O)(c1cc(C#N)cc(C#N)c1)c1c(C(=O)NCc2cnc[n+]([O-])c2)[nH]c2ccc(Cl)cc12. The van der Waals surface area contributed by atoms with Crippen LogP contribution in [0.3, 0.4) is 0 Å². The van der Waals surface area contributed by atoms with Crippen molar-refractivity contribution < 1.29 is 18.6 Å². The van der Waals surface area contributed by atoms with Gasteiger partial charge >= 0.3 is 0 Å². The van der Waals surface area contributed by atoms with E-state index in [1.165, 1.54) is 37.7 Å². The molecular weight excluding hydrogens is 491 g/mol. The molecule has 2 heterocycles. The van der Waals surface area contributed by atoms with Crippen molar-refractivity contribution in [3.05, 3.63) is 87.7 Å². The quantitative estimate of drug-likeness (QED) is 0.231. The van der Waals surface area contributed by atoms with E-state index in [-0.39, 0.29) is 34.0 Å². The van der Waals surface area contributed by atoms with Crippen LogP contribution in [0.25, 0.3) is 10.9 Å². The molecule has 2 N–H and O–H groups in total. The number of benzene rings is 2. The molecule has 4 aromatic rings. The Kier molecular flexibility index (Phi) is 6.54. The second-order valence-corrected chi connectivity index (χ2v) is 10.3. The van der Waals surface area contributed by atoms with Crippen LogP contribution < -0.4 is 20.7 Å². The summed E-state index contributed by atoms with van der Waals surface area (Å²) in [5, 5.41) is 33.8. The minimum absolute atomic E-state index is 0.0236. The van der Waals surface area contributed by atoms with Crippen LogP contribution in [-0.2, 0) is 15.6 Å². The number of carbonyl (C=O) groups is 1. The van der Waals surface area contributed by atoms with Crippen LogP contribution in [0, 0.1) is 27.9 Å². The lowest BCUT2D eigenvalue weighted by atomic mass is 10.1. The summed E-state index contributed by atoms with van der Waals surface area (Å²) in [6, 6.07) is 12.7. The van der Waals surface area contributed by atoms with Gasteiger partial charge in [-0.05, 0) is 36.4 Å². The summed E-state index contributed by atoms with van der Waals surface area (Å²) in [7, 11) is -2.80. The molecule has 0 aliphatic carbocycles. The van der Waals surface area contributed by atoms with Gasteiger partial charge in [-0.1, -0.05) is 16.6 Å². The largest absolute Gasteiger partial charge is 0.711 e. The van der Waals surface area contributed by atoms with E-state index in [1.54, 1.807) is 18.2 Å². The normalized spacial score (nSPS) is 12.5. The number of amides is 1. The fraction of sp³-hybridized carbons (Fsp3) is 0.0870. The number of fused-ring (bicyclic) bond motifs is 1. The van der Waals surface area contributed by atoms with E-state index in [0.717, 1.165) is 6.33 Å². The lowest BCUT2D eigenvalue weighted by molar-refractivity contribution is -0.609. The molecule has 1 amide bonds. The number of H-pyrrole nitrogens is 1. The van der Waals surface area contributed by atoms with Crippen molar-refractivity contribution in [1.82, 2.24) is 15.3 Å². The molecule has 12 heteroatoms. The number of rotatable bonds is 6. The van der Waals surface area contributed by atoms with Crippen molar-refractivity contribution in [3.63, 3.8) is 0 Å². The maximum Gasteiger partial charge on any atom is 0.289 e. The molecule has 1 unspecified atom stereocenters. The highest BCUT2D eigenvalue weighted by atomic mass is 35.5. The highest BCUT2D eigenvalue weighted by Gasteiger charge is 2.36. The Morgan fingerprint density at radius 2 is 1.97 bits per heavy atom. The monoisotopic (exact) mass is 506 g/mol. The van der Waals surface area contributed by atoms with Crippen molar-refractivity contribution >= 4 is 46.4 Å². The Morgan fingerprint density at radius 1 is 1.26 bits per heavy atom. The highest BCUT2D eigenvalue weighted by molar-refractivity contribution is 7.75. The number of nitrogens with one attached hydrogen (secondary N) is 2. The molecule has 0 saturated heterocycles. The van der Waals surface area contributed by atoms with E-state index in [2.05, 4.69) is 15.3 Å². The summed E-state index contributed by atoms with van der Waals surface area (Å²) in [4.78, 5) is 20.0. The Hall–Kier alpha value is -4.21. The minimum atomic E-state index is -4.02. The molecular formula is C23H16ClN6O4P. The molecule has 174 valence electrons. The Balaban J connectivity index is 1.88. The molecule has 0 aliphatic heterocycles. The van der Waals surface area contributed by atoms with Gasteiger partial charge in [0.05, 0.1) is 40.7 Å². The van der Waals surface area contributed by atoms with Gasteiger partial charge in [-0.2, -0.15) is 10.5 Å². The van der Waals surface area contributed by atoms with Crippen LogP contribution >= 0.6 is 19.0 Å². The summed E-state index contributed by atoms with van der Waals surface area (Å²) >= 11 is 6.20. The molecule has 10 nitrogen and oxygen atoms in total. The van der Waals surface area contributed by atoms with Crippen molar-refractivity contribution in [2.45, 2.75) is 6.54 Å². The van der Waals surface area contributed by atoms with Gasteiger partial charge in [-0.15, -0.1) is 0 Å². The number of nitrogens with zero attached hydrogens (tertiary/aromatic N) is 4. The second-order valence-electron chi connectivity index (χ2n) is 7.40. The molecule has 0 saturated carbocycles. The number of hydrogen-bond donors (Lipinski definition) is 2. The van der Waals surface area contributed by atoms with Crippen molar-refractivity contribution in [1.29, 1.82) is 10.5 Å². The van der Waals surface area contributed by atoms with Gasteiger partial charge in [0.2, 0.25) is 0 Å². The standard InChI is InChI=1S/C23H16ClN6O4P/c1-34-35(33,18-5-14(8-25)4-15(6-18)9-26)22-19-7-17(24)2-3-20(19)29-21(22)23(31)28-11-16-10-27-13-30(32)12-16/h2-7,10,12-13,29H,11H2,1H3,(H,28,31). The Bertz CT molecular complexity index is 1570. The molecule has 1 atom stereocenters. The summed E-state index contributed by atoms with van der Waals surface area (Å²) in [6.45, 7) is -0.0236. The van der Waals surface area contributed by atoms with E-state index in [1.807, 2.05) is 12.1 Å². The van der Waals surface area contributed by atoms with Gasteiger partial charge < -0.3 is 20.0 Å². The van der Waals surface area contributed by atoms with Gasteiger partial charge in [-0.3, -0.25) is 9.36 Å². The topological polar surface area (TPSA) is 159 Å². The molecule has 35 heavy (non-hydrogen) atoms. The summed E-state index contributed by atoms with van der Waals surface area (Å²) in [6.07, 6.45) is 3.76. The molecule has 0 spiro atoms. The van der Waals surface area contributed by atoms with Crippen LogP contribution in [0.5, 0.6) is 0 Å². The van der Waals surface area contributed by atoms with Crippen LogP contribution in [0.15, 0.2) is 55.1 Å². The molecule has 0 radical (unpaired) electrons. The van der Waals surface area contributed by atoms with Crippen molar-refractivity contribution in [2.75, 3.05) is 7.11 Å². The smallest absolute Gasteiger partial charge is 0.289 e. The number of carbonyl (C=O) groups excluding carboxylic acids is 1. The first-order chi connectivity index (χ1) is 16.8. The van der Waals surface area contributed by atoms with Gasteiger partial charge in [0.15, 0.2) is 0 Å². The van der Waals surface area contributed by atoms with E-state index < -0.39 is 13.3 Å². The number of nitriles is 2. The molecule has 4 rings (SSSR count). The zero-order valence-electron chi connectivity index (χ0n) is 18.2. The van der Waals surface area contributed by atoms with Crippen LogP contribution in [0.1, 0.15) is 27.2 Å². The second kappa shape index (κ2) is 9.57. The third-order valence-corrected chi connectivity index (χ3v) is 7.94. The molecule has 2 aromatic heterocycles. The van der Waals surface area contributed by atoms with E-state index in [4.69, 9.17) is 16.1 Å². The first-order valence-electron chi connectivity index (χ1n) is 10.0. The number of aromatic amines is 1. The summed E-state index contributed by atoms with van der Waals surface area (Å²) in [5.41, 5.74) is 1.10. The third-order valence-electron chi connectivity index (χ3n) is 5.19. The lowest BCUT2D eigenvalue weighted by Gasteiger charge is -2.18. The third kappa shape index (κ3) is 4.59. The van der Waals surface area contributed by atoms with Gasteiger partial charge in [0.1, 0.15) is 18.1 Å². The van der Waals surface area contributed by atoms with E-state index in [9.17, 15) is 25.1 Å². The zero-order chi connectivity index (χ0) is 25.2. The molecule has 0 fully saturated rings. The first-order valence-corrected chi connectivity index (χ1v) is 12.0. The summed E-state index contributed by atoms with van der Waals surface area (Å²) in [5.74, 6) is -0.622. The van der Waals surface area contributed by atoms with Gasteiger partial charge in [0, 0.05) is 28.3 Å². The fourth-order valence-electron chi connectivity index (χ4n) is 3.64. The molecule has 0 bridgehead atoms. The first kappa shape index (κ1) is 23.9. The van der Waals surface area contributed by atoms with Gasteiger partial charge in [-0.25, -0.2) is 4.73 Å². The van der Waals surface area contributed by atoms with Gasteiger partial charge in [0.25, 0.3) is 19.6 Å². The number of aromatic nitrogens is 3. The Morgan fingerprint density at radius 3 is 2.60 bits per heavy atom. The lowest BCUT2D eigenvalue weighted by Crippen LogP contribution is -2.32. The fourth-order valence-corrected chi connectivity index (χ4v) is 6.04.